The molecule has 0 aliphatic rings. The third-order valence-electron chi connectivity index (χ3n) is 3.37. The molecule has 6 heteroatoms. The summed E-state index contributed by atoms with van der Waals surface area (Å²) >= 11 is 1.26. The van der Waals surface area contributed by atoms with E-state index in [0.29, 0.717) is 26.9 Å². The Balaban J connectivity index is 2.01. The first-order valence-electron chi connectivity index (χ1n) is 6.90. The van der Waals surface area contributed by atoms with E-state index in [0.717, 1.165) is 5.56 Å². The number of hydrogen-bond acceptors (Lipinski definition) is 6. The van der Waals surface area contributed by atoms with E-state index < -0.39 is 0 Å². The van der Waals surface area contributed by atoms with Gasteiger partial charge < -0.3 is 16.2 Å². The standard InChI is InChI=1S/C17H15N3O2S/c1-22-13-5-3-2-4-12(13)14(21)15-16(19)20-17(23-15)10-6-8-11(18)9-7-10/h2-9H,18-19H2,1H3. The lowest BCUT2D eigenvalue weighted by Crippen LogP contribution is -2.04. The van der Waals surface area contributed by atoms with Crippen LogP contribution in [0.3, 0.4) is 0 Å². The highest BCUT2D eigenvalue weighted by Gasteiger charge is 2.21. The molecule has 5 nitrogen and oxygen atoms in total. The van der Waals surface area contributed by atoms with Crippen LogP contribution in [-0.2, 0) is 0 Å². The number of ketones is 1. The van der Waals surface area contributed by atoms with Gasteiger partial charge in [-0.25, -0.2) is 4.98 Å². The largest absolute Gasteiger partial charge is 0.496 e. The summed E-state index contributed by atoms with van der Waals surface area (Å²) in [4.78, 5) is 17.4. The fraction of sp³-hybridized carbons (Fsp3) is 0.0588. The van der Waals surface area contributed by atoms with Crippen molar-refractivity contribution < 1.29 is 9.53 Å². The number of nitrogen functional groups attached to an aromatic ring is 2. The zero-order valence-electron chi connectivity index (χ0n) is 12.4. The maximum absolute atomic E-state index is 12.7. The number of methoxy groups -OCH3 is 1. The van der Waals surface area contributed by atoms with Crippen LogP contribution in [0.5, 0.6) is 5.75 Å². The number of rotatable bonds is 4. The van der Waals surface area contributed by atoms with Crippen LogP contribution >= 0.6 is 11.3 Å². The van der Waals surface area contributed by atoms with Crippen molar-refractivity contribution >= 4 is 28.6 Å². The van der Waals surface area contributed by atoms with Crippen molar-refractivity contribution in [1.29, 1.82) is 0 Å². The zero-order chi connectivity index (χ0) is 16.4. The molecular weight excluding hydrogens is 310 g/mol. The minimum Gasteiger partial charge on any atom is -0.496 e. The van der Waals surface area contributed by atoms with E-state index >= 15 is 0 Å². The van der Waals surface area contributed by atoms with Crippen molar-refractivity contribution in [3.8, 4) is 16.3 Å². The Hall–Kier alpha value is -2.86. The predicted octanol–water partition coefficient (Wildman–Crippen LogP) is 3.21. The molecular formula is C17H15N3O2S. The van der Waals surface area contributed by atoms with Gasteiger partial charge in [-0.2, -0.15) is 0 Å². The number of para-hydroxylation sites is 1. The fourth-order valence-electron chi connectivity index (χ4n) is 2.20. The molecule has 0 saturated heterocycles. The number of benzene rings is 2. The summed E-state index contributed by atoms with van der Waals surface area (Å²) in [5.41, 5.74) is 13.6. The lowest BCUT2D eigenvalue weighted by molar-refractivity contribution is 0.104. The summed E-state index contributed by atoms with van der Waals surface area (Å²) in [6.07, 6.45) is 0. The second kappa shape index (κ2) is 6.10. The number of aromatic nitrogens is 1. The average molecular weight is 325 g/mol. The highest BCUT2D eigenvalue weighted by molar-refractivity contribution is 7.17. The smallest absolute Gasteiger partial charge is 0.210 e. The minimum absolute atomic E-state index is 0.195. The summed E-state index contributed by atoms with van der Waals surface area (Å²) < 4.78 is 5.24. The van der Waals surface area contributed by atoms with Crippen molar-refractivity contribution in [3.63, 3.8) is 0 Å². The van der Waals surface area contributed by atoms with Crippen molar-refractivity contribution in [2.24, 2.45) is 0 Å². The molecule has 0 spiro atoms. The number of anilines is 2. The van der Waals surface area contributed by atoms with Gasteiger partial charge in [0, 0.05) is 11.3 Å². The van der Waals surface area contributed by atoms with Gasteiger partial charge in [0.2, 0.25) is 5.78 Å². The van der Waals surface area contributed by atoms with E-state index in [-0.39, 0.29) is 11.6 Å². The number of nitrogens with two attached hydrogens (primary N) is 2. The molecule has 1 aromatic heterocycles. The van der Waals surface area contributed by atoms with Crippen molar-refractivity contribution in [2.45, 2.75) is 0 Å². The number of carbonyl (C=O) groups excluding carboxylic acids is 1. The number of carbonyl (C=O) groups is 1. The van der Waals surface area contributed by atoms with Crippen molar-refractivity contribution in [3.05, 3.63) is 59.0 Å². The third kappa shape index (κ3) is 2.89. The van der Waals surface area contributed by atoms with E-state index in [1.807, 2.05) is 18.2 Å². The lowest BCUT2D eigenvalue weighted by atomic mass is 10.1. The molecule has 0 aliphatic heterocycles. The van der Waals surface area contributed by atoms with E-state index in [1.165, 1.54) is 18.4 Å². The van der Waals surface area contributed by atoms with Crippen LogP contribution in [0.15, 0.2) is 48.5 Å². The summed E-state index contributed by atoms with van der Waals surface area (Å²) in [5.74, 6) is 0.538. The van der Waals surface area contributed by atoms with Crippen LogP contribution in [0, 0.1) is 0 Å². The van der Waals surface area contributed by atoms with Crippen LogP contribution < -0.4 is 16.2 Å². The zero-order valence-corrected chi connectivity index (χ0v) is 13.3. The number of nitrogens with zero attached hydrogens (tertiary/aromatic N) is 1. The Labute approximate surface area is 137 Å². The fourth-order valence-corrected chi connectivity index (χ4v) is 3.14. The summed E-state index contributed by atoms with van der Waals surface area (Å²) in [6, 6.07) is 14.3. The summed E-state index contributed by atoms with van der Waals surface area (Å²) in [5, 5.41) is 0.681. The molecule has 0 bridgehead atoms. The Morgan fingerprint density at radius 1 is 1.09 bits per heavy atom. The van der Waals surface area contributed by atoms with Crippen molar-refractivity contribution in [2.75, 3.05) is 18.6 Å². The molecule has 0 atom stereocenters. The van der Waals surface area contributed by atoms with Gasteiger partial charge in [-0.1, -0.05) is 12.1 Å². The molecule has 116 valence electrons. The molecule has 0 aliphatic carbocycles. The van der Waals surface area contributed by atoms with Gasteiger partial charge in [0.1, 0.15) is 21.5 Å². The molecule has 4 N–H and O–H groups in total. The first-order chi connectivity index (χ1) is 11.1. The molecule has 0 saturated carbocycles. The molecule has 3 rings (SSSR count). The van der Waals surface area contributed by atoms with Gasteiger partial charge in [-0.15, -0.1) is 11.3 Å². The first-order valence-corrected chi connectivity index (χ1v) is 7.71. The van der Waals surface area contributed by atoms with Crippen LogP contribution in [0.4, 0.5) is 11.5 Å². The average Bonchev–Trinajstić information content (AvgIpc) is 2.96. The van der Waals surface area contributed by atoms with Gasteiger partial charge in [0.05, 0.1) is 12.7 Å². The van der Waals surface area contributed by atoms with Crippen molar-refractivity contribution in [1.82, 2.24) is 4.98 Å². The molecule has 23 heavy (non-hydrogen) atoms. The van der Waals surface area contributed by atoms with Crippen LogP contribution in [0.25, 0.3) is 10.6 Å². The molecule has 2 aromatic carbocycles. The molecule has 0 amide bonds. The Bertz CT molecular complexity index is 857. The van der Waals surface area contributed by atoms with Crippen LogP contribution in [-0.4, -0.2) is 17.9 Å². The SMILES string of the molecule is COc1ccccc1C(=O)c1sc(-c2ccc(N)cc2)nc1N. The quantitative estimate of drug-likeness (QED) is 0.568. The number of ether oxygens (including phenoxy) is 1. The molecule has 1 heterocycles. The van der Waals surface area contributed by atoms with E-state index in [1.54, 1.807) is 30.3 Å². The number of hydrogen-bond donors (Lipinski definition) is 2. The highest BCUT2D eigenvalue weighted by Crippen LogP contribution is 2.33. The molecule has 0 fully saturated rings. The topological polar surface area (TPSA) is 91.2 Å². The van der Waals surface area contributed by atoms with Gasteiger partial charge in [-0.3, -0.25) is 4.79 Å². The Kier molecular flexibility index (Phi) is 3.99. The molecule has 0 radical (unpaired) electrons. The maximum Gasteiger partial charge on any atom is 0.210 e. The monoisotopic (exact) mass is 325 g/mol. The van der Waals surface area contributed by atoms with Crippen LogP contribution in [0.2, 0.25) is 0 Å². The van der Waals surface area contributed by atoms with Gasteiger partial charge in [0.25, 0.3) is 0 Å². The van der Waals surface area contributed by atoms with E-state index in [2.05, 4.69) is 4.98 Å². The lowest BCUT2D eigenvalue weighted by Gasteiger charge is -2.05. The summed E-state index contributed by atoms with van der Waals surface area (Å²) in [6.45, 7) is 0. The first kappa shape index (κ1) is 15.1. The second-order valence-corrected chi connectivity index (χ2v) is 5.88. The highest BCUT2D eigenvalue weighted by atomic mass is 32.1. The predicted molar refractivity (Wildman–Crippen MR) is 92.8 cm³/mol. The third-order valence-corrected chi connectivity index (χ3v) is 4.49. The second-order valence-electron chi connectivity index (χ2n) is 4.88. The van der Waals surface area contributed by atoms with E-state index in [4.69, 9.17) is 16.2 Å². The van der Waals surface area contributed by atoms with Gasteiger partial charge >= 0.3 is 0 Å². The van der Waals surface area contributed by atoms with Gasteiger partial charge in [0.15, 0.2) is 0 Å². The Morgan fingerprint density at radius 3 is 2.48 bits per heavy atom. The Morgan fingerprint density at radius 2 is 1.78 bits per heavy atom. The summed E-state index contributed by atoms with van der Waals surface area (Å²) in [7, 11) is 1.53. The van der Waals surface area contributed by atoms with Gasteiger partial charge in [-0.05, 0) is 36.4 Å². The number of thiazole rings is 1. The minimum atomic E-state index is -0.195. The van der Waals surface area contributed by atoms with E-state index in [9.17, 15) is 4.79 Å². The molecule has 3 aromatic rings. The normalized spacial score (nSPS) is 10.5. The van der Waals surface area contributed by atoms with Crippen LogP contribution in [0.1, 0.15) is 15.2 Å². The maximum atomic E-state index is 12.7. The molecule has 0 unspecified atom stereocenters.